The molecule has 0 saturated heterocycles. The van der Waals surface area contributed by atoms with Crippen molar-refractivity contribution >= 4 is 42.1 Å². The Morgan fingerprint density at radius 1 is 0.857 bits per heavy atom. The number of benzene rings is 2. The van der Waals surface area contributed by atoms with Crippen molar-refractivity contribution in [2.24, 2.45) is 0 Å². The summed E-state index contributed by atoms with van der Waals surface area (Å²) in [6.45, 7) is 0. The largest absolute Gasteiger partial charge is 0.475 e. The van der Waals surface area contributed by atoms with Crippen LogP contribution in [-0.4, -0.2) is 36.2 Å². The zero-order valence-corrected chi connectivity index (χ0v) is 14.0. The fourth-order valence-electron chi connectivity index (χ4n) is 2.99. The second-order valence-electron chi connectivity index (χ2n) is 5.66. The minimum absolute atomic E-state index is 0.0304. The van der Waals surface area contributed by atoms with Crippen molar-refractivity contribution in [1.82, 2.24) is 0 Å². The van der Waals surface area contributed by atoms with Gasteiger partial charge in [0.2, 0.25) is 11.2 Å². The van der Waals surface area contributed by atoms with E-state index >= 15 is 0 Å². The lowest BCUT2D eigenvalue weighted by molar-refractivity contribution is 0.0663. The van der Waals surface area contributed by atoms with E-state index in [1.54, 1.807) is 0 Å². The van der Waals surface area contributed by atoms with Gasteiger partial charge in [-0.15, -0.1) is 0 Å². The van der Waals surface area contributed by atoms with E-state index in [1.165, 1.54) is 30.3 Å². The maximum absolute atomic E-state index is 13.1. The van der Waals surface area contributed by atoms with Gasteiger partial charge < -0.3 is 9.52 Å². The number of fused-ring (bicyclic) bond motifs is 1. The minimum atomic E-state index is -1.59. The Kier molecular flexibility index (Phi) is 4.78. The molecule has 0 amide bonds. The summed E-state index contributed by atoms with van der Waals surface area (Å²) >= 11 is 0. The molecular weight excluding hydrogens is 368 g/mol. The SMILES string of the molecule is O=Cc1ccc(-c2c(C(=O)O)oc3cccc(C=O)c3c2=O)c(C=O)c1C=O. The van der Waals surface area contributed by atoms with Gasteiger partial charge in [0.05, 0.1) is 10.9 Å². The number of carbonyl (C=O) groups excluding carboxylic acids is 4. The fraction of sp³-hybridized carbons (Fsp3) is 0. The molecule has 0 unspecified atom stereocenters. The molecular formula is C20H10O8. The van der Waals surface area contributed by atoms with Crippen molar-refractivity contribution in [3.63, 3.8) is 0 Å². The molecule has 1 N–H and O–H groups in total. The Hall–Kier alpha value is -4.20. The number of hydrogen-bond donors (Lipinski definition) is 1. The van der Waals surface area contributed by atoms with E-state index in [4.69, 9.17) is 4.42 Å². The average Bonchev–Trinajstić information content (AvgIpc) is 2.71. The quantitative estimate of drug-likeness (QED) is 0.646. The van der Waals surface area contributed by atoms with E-state index in [-0.39, 0.29) is 51.4 Å². The summed E-state index contributed by atoms with van der Waals surface area (Å²) in [6.07, 6.45) is 1.27. The molecule has 1 aromatic heterocycles. The van der Waals surface area contributed by atoms with Crippen LogP contribution < -0.4 is 5.43 Å². The van der Waals surface area contributed by atoms with Crippen LogP contribution in [-0.2, 0) is 0 Å². The summed E-state index contributed by atoms with van der Waals surface area (Å²) in [7, 11) is 0. The average molecular weight is 378 g/mol. The van der Waals surface area contributed by atoms with Crippen molar-refractivity contribution in [2.45, 2.75) is 0 Å². The molecule has 8 heteroatoms. The van der Waals surface area contributed by atoms with E-state index in [9.17, 15) is 33.9 Å². The summed E-state index contributed by atoms with van der Waals surface area (Å²) < 4.78 is 5.33. The number of aldehydes is 4. The molecule has 1 heterocycles. The first-order valence-electron chi connectivity index (χ1n) is 7.79. The number of carboxylic acids is 1. The molecule has 0 aliphatic carbocycles. The van der Waals surface area contributed by atoms with Crippen LogP contribution in [0.15, 0.2) is 39.5 Å². The zero-order chi connectivity index (χ0) is 20.4. The van der Waals surface area contributed by atoms with Crippen molar-refractivity contribution in [3.05, 3.63) is 68.6 Å². The first-order valence-corrected chi connectivity index (χ1v) is 7.79. The van der Waals surface area contributed by atoms with Gasteiger partial charge in [-0.25, -0.2) is 4.79 Å². The summed E-state index contributed by atoms with van der Waals surface area (Å²) in [5.41, 5.74) is -2.44. The van der Waals surface area contributed by atoms with E-state index in [1.807, 2.05) is 0 Å². The maximum Gasteiger partial charge on any atom is 0.372 e. The van der Waals surface area contributed by atoms with Crippen LogP contribution in [0.4, 0.5) is 0 Å². The van der Waals surface area contributed by atoms with Crippen LogP contribution in [0.2, 0.25) is 0 Å². The predicted molar refractivity (Wildman–Crippen MR) is 96.4 cm³/mol. The third kappa shape index (κ3) is 2.73. The first kappa shape index (κ1) is 18.6. The topological polar surface area (TPSA) is 136 Å². The van der Waals surface area contributed by atoms with E-state index < -0.39 is 22.7 Å². The summed E-state index contributed by atoms with van der Waals surface area (Å²) in [4.78, 5) is 70.2. The number of rotatable bonds is 6. The highest BCUT2D eigenvalue weighted by molar-refractivity contribution is 6.07. The normalized spacial score (nSPS) is 10.4. The van der Waals surface area contributed by atoms with Gasteiger partial charge in [0, 0.05) is 27.8 Å². The highest BCUT2D eigenvalue weighted by atomic mass is 16.4. The molecule has 0 aliphatic heterocycles. The Balaban J connectivity index is 2.57. The van der Waals surface area contributed by atoms with Crippen LogP contribution in [0, 0.1) is 0 Å². The highest BCUT2D eigenvalue weighted by Gasteiger charge is 2.26. The zero-order valence-electron chi connectivity index (χ0n) is 14.0. The Labute approximate surface area is 156 Å². The van der Waals surface area contributed by atoms with Gasteiger partial charge in [-0.3, -0.25) is 24.0 Å². The van der Waals surface area contributed by atoms with E-state index in [0.717, 1.165) is 0 Å². The highest BCUT2D eigenvalue weighted by Crippen LogP contribution is 2.30. The lowest BCUT2D eigenvalue weighted by Gasteiger charge is -2.12. The molecule has 138 valence electrons. The molecule has 0 bridgehead atoms. The molecule has 3 rings (SSSR count). The van der Waals surface area contributed by atoms with Gasteiger partial charge in [0.15, 0.2) is 25.1 Å². The van der Waals surface area contributed by atoms with E-state index in [0.29, 0.717) is 12.6 Å². The maximum atomic E-state index is 13.1. The number of aromatic carboxylic acids is 1. The molecule has 8 nitrogen and oxygen atoms in total. The van der Waals surface area contributed by atoms with Crippen molar-refractivity contribution in [1.29, 1.82) is 0 Å². The predicted octanol–water partition coefficient (Wildman–Crippen LogP) is 2.41. The van der Waals surface area contributed by atoms with Gasteiger partial charge in [-0.05, 0) is 6.07 Å². The van der Waals surface area contributed by atoms with Gasteiger partial charge in [0.1, 0.15) is 5.58 Å². The number of carboxylic acid groups (broad SMARTS) is 1. The number of hydrogen-bond acceptors (Lipinski definition) is 7. The Morgan fingerprint density at radius 2 is 1.54 bits per heavy atom. The fourth-order valence-corrected chi connectivity index (χ4v) is 2.99. The molecule has 28 heavy (non-hydrogen) atoms. The second-order valence-corrected chi connectivity index (χ2v) is 5.66. The van der Waals surface area contributed by atoms with Crippen molar-refractivity contribution < 1.29 is 33.5 Å². The monoisotopic (exact) mass is 378 g/mol. The van der Waals surface area contributed by atoms with Crippen LogP contribution in [0.25, 0.3) is 22.1 Å². The van der Waals surface area contributed by atoms with Crippen LogP contribution in [0.3, 0.4) is 0 Å². The molecule has 0 fully saturated rings. The lowest BCUT2D eigenvalue weighted by atomic mass is 9.91. The van der Waals surface area contributed by atoms with Gasteiger partial charge in [-0.2, -0.15) is 0 Å². The third-order valence-corrected chi connectivity index (χ3v) is 4.23. The van der Waals surface area contributed by atoms with Gasteiger partial charge in [-0.1, -0.05) is 24.3 Å². The first-order chi connectivity index (χ1) is 13.5. The van der Waals surface area contributed by atoms with Gasteiger partial charge >= 0.3 is 5.97 Å². The molecule has 2 aromatic carbocycles. The molecule has 0 atom stereocenters. The van der Waals surface area contributed by atoms with Crippen molar-refractivity contribution in [2.75, 3.05) is 0 Å². The molecule has 0 saturated carbocycles. The Bertz CT molecular complexity index is 1230. The van der Waals surface area contributed by atoms with Crippen LogP contribution >= 0.6 is 0 Å². The third-order valence-electron chi connectivity index (χ3n) is 4.23. The second kappa shape index (κ2) is 7.20. The summed E-state index contributed by atoms with van der Waals surface area (Å²) in [5, 5.41) is 9.35. The molecule has 0 aliphatic rings. The standard InChI is InChI=1S/C20H10O8/c21-6-10-4-5-12(14(9-24)13(10)8-23)17-18(25)16-11(7-22)2-1-3-15(16)28-19(17)20(26)27/h1-9H,(H,26,27). The molecule has 3 aromatic rings. The minimum Gasteiger partial charge on any atom is -0.475 e. The number of carbonyl (C=O) groups is 5. The van der Waals surface area contributed by atoms with Gasteiger partial charge in [0.25, 0.3) is 0 Å². The molecule has 0 radical (unpaired) electrons. The van der Waals surface area contributed by atoms with E-state index in [2.05, 4.69) is 0 Å². The lowest BCUT2D eigenvalue weighted by Crippen LogP contribution is -2.15. The van der Waals surface area contributed by atoms with Crippen LogP contribution in [0.5, 0.6) is 0 Å². The smallest absolute Gasteiger partial charge is 0.372 e. The van der Waals surface area contributed by atoms with Crippen molar-refractivity contribution in [3.8, 4) is 11.1 Å². The Morgan fingerprint density at radius 3 is 2.11 bits per heavy atom. The molecule has 0 spiro atoms. The summed E-state index contributed by atoms with van der Waals surface area (Å²) in [5.74, 6) is -2.35. The van der Waals surface area contributed by atoms with Crippen LogP contribution in [0.1, 0.15) is 52.0 Å². The summed E-state index contributed by atoms with van der Waals surface area (Å²) in [6, 6.07) is 6.45.